The highest BCUT2D eigenvalue weighted by Gasteiger charge is 1.98. The molecule has 2 rings (SSSR count). The van der Waals surface area contributed by atoms with E-state index in [2.05, 4.69) is 35.6 Å². The minimum absolute atomic E-state index is 0.744. The van der Waals surface area contributed by atoms with Gasteiger partial charge in [0.2, 0.25) is 0 Å². The molecule has 0 saturated carbocycles. The van der Waals surface area contributed by atoms with Crippen LogP contribution in [0.1, 0.15) is 11.1 Å². The molecule has 0 spiro atoms. The van der Waals surface area contributed by atoms with Gasteiger partial charge in [-0.3, -0.25) is 0 Å². The predicted octanol–water partition coefficient (Wildman–Crippen LogP) is 4.37. The smallest absolute Gasteiger partial charge is 0.0587 e. The molecule has 2 aromatic rings. The first-order valence-corrected chi connectivity index (χ1v) is 8.30. The van der Waals surface area contributed by atoms with Gasteiger partial charge in [-0.2, -0.15) is 0 Å². The molecular formula is C17H20ClNOS. The van der Waals surface area contributed by atoms with E-state index in [0.717, 1.165) is 30.5 Å². The van der Waals surface area contributed by atoms with Gasteiger partial charge in [0.05, 0.1) is 6.61 Å². The predicted molar refractivity (Wildman–Crippen MR) is 91.0 cm³/mol. The van der Waals surface area contributed by atoms with Crippen LogP contribution in [0.25, 0.3) is 0 Å². The van der Waals surface area contributed by atoms with Gasteiger partial charge in [-0.15, -0.1) is 11.8 Å². The lowest BCUT2D eigenvalue weighted by Crippen LogP contribution is -2.18. The molecule has 0 aromatic heterocycles. The second kappa shape index (κ2) is 9.11. The number of methoxy groups -OCH3 is 1. The van der Waals surface area contributed by atoms with Crippen LogP contribution in [0.4, 0.5) is 0 Å². The van der Waals surface area contributed by atoms with Crippen molar-refractivity contribution in [2.24, 2.45) is 0 Å². The summed E-state index contributed by atoms with van der Waals surface area (Å²) in [6, 6.07) is 16.7. The fraction of sp³-hybridized carbons (Fsp3) is 0.294. The van der Waals surface area contributed by atoms with Crippen molar-refractivity contribution in [2.45, 2.75) is 17.2 Å². The van der Waals surface area contributed by atoms with Crippen LogP contribution in [0.5, 0.6) is 0 Å². The Balaban J connectivity index is 1.79. The van der Waals surface area contributed by atoms with Crippen LogP contribution < -0.4 is 5.32 Å². The Morgan fingerprint density at radius 2 is 1.90 bits per heavy atom. The summed E-state index contributed by atoms with van der Waals surface area (Å²) in [4.78, 5) is 1.27. The van der Waals surface area contributed by atoms with Crippen molar-refractivity contribution in [1.29, 1.82) is 0 Å². The fourth-order valence-corrected chi connectivity index (χ4v) is 2.96. The van der Waals surface area contributed by atoms with E-state index in [9.17, 15) is 0 Å². The SMILES string of the molecule is COCCNCc1ccc(SCc2cccc(Cl)c2)cc1. The van der Waals surface area contributed by atoms with E-state index in [0.29, 0.717) is 0 Å². The van der Waals surface area contributed by atoms with Gasteiger partial charge in [0, 0.05) is 35.9 Å². The minimum atomic E-state index is 0.744. The highest BCUT2D eigenvalue weighted by molar-refractivity contribution is 7.98. The summed E-state index contributed by atoms with van der Waals surface area (Å²) >= 11 is 7.82. The Labute approximate surface area is 135 Å². The van der Waals surface area contributed by atoms with Gasteiger partial charge in [-0.25, -0.2) is 0 Å². The molecule has 0 atom stereocenters. The van der Waals surface area contributed by atoms with Crippen molar-refractivity contribution >= 4 is 23.4 Å². The maximum atomic E-state index is 5.99. The third kappa shape index (κ3) is 6.10. The topological polar surface area (TPSA) is 21.3 Å². The van der Waals surface area contributed by atoms with E-state index >= 15 is 0 Å². The second-order valence-electron chi connectivity index (χ2n) is 4.73. The maximum absolute atomic E-state index is 5.99. The van der Waals surface area contributed by atoms with E-state index in [4.69, 9.17) is 16.3 Å². The summed E-state index contributed by atoms with van der Waals surface area (Å²) in [5, 5.41) is 4.14. The monoisotopic (exact) mass is 321 g/mol. The van der Waals surface area contributed by atoms with E-state index in [1.807, 2.05) is 30.0 Å². The summed E-state index contributed by atoms with van der Waals surface area (Å²) in [5.74, 6) is 0.937. The number of rotatable bonds is 8. The Morgan fingerprint density at radius 1 is 1.10 bits per heavy atom. The standard InChI is InChI=1S/C17H20ClNOS/c1-20-10-9-19-12-14-5-7-17(8-6-14)21-13-15-3-2-4-16(18)11-15/h2-8,11,19H,9-10,12-13H2,1H3. The van der Waals surface area contributed by atoms with Crippen LogP contribution in [-0.2, 0) is 17.0 Å². The molecule has 112 valence electrons. The zero-order chi connectivity index (χ0) is 14.9. The first kappa shape index (κ1) is 16.4. The summed E-state index contributed by atoms with van der Waals surface area (Å²) in [5.41, 5.74) is 2.54. The molecular weight excluding hydrogens is 302 g/mol. The van der Waals surface area contributed by atoms with Gasteiger partial charge in [-0.05, 0) is 35.4 Å². The highest BCUT2D eigenvalue weighted by Crippen LogP contribution is 2.24. The molecule has 2 nitrogen and oxygen atoms in total. The molecule has 0 aliphatic rings. The Bertz CT molecular complexity index is 545. The van der Waals surface area contributed by atoms with E-state index in [1.54, 1.807) is 7.11 Å². The number of thioether (sulfide) groups is 1. The van der Waals surface area contributed by atoms with Crippen molar-refractivity contribution in [1.82, 2.24) is 5.32 Å². The summed E-state index contributed by atoms with van der Waals surface area (Å²) < 4.78 is 5.01. The number of benzene rings is 2. The van der Waals surface area contributed by atoms with E-state index in [1.165, 1.54) is 16.0 Å². The highest BCUT2D eigenvalue weighted by atomic mass is 35.5. The number of nitrogens with one attached hydrogen (secondary N) is 1. The third-order valence-corrected chi connectivity index (χ3v) is 4.35. The Kier molecular flexibility index (Phi) is 7.10. The van der Waals surface area contributed by atoms with Crippen molar-refractivity contribution in [3.63, 3.8) is 0 Å². The molecule has 0 bridgehead atoms. The molecule has 0 aliphatic heterocycles. The van der Waals surface area contributed by atoms with Gasteiger partial charge in [0.1, 0.15) is 0 Å². The lowest BCUT2D eigenvalue weighted by molar-refractivity contribution is 0.199. The number of halogens is 1. The van der Waals surface area contributed by atoms with Crippen LogP contribution in [-0.4, -0.2) is 20.3 Å². The lowest BCUT2D eigenvalue weighted by Gasteiger charge is -2.06. The van der Waals surface area contributed by atoms with Gasteiger partial charge in [-0.1, -0.05) is 35.9 Å². The fourth-order valence-electron chi connectivity index (χ4n) is 1.90. The zero-order valence-electron chi connectivity index (χ0n) is 12.1. The van der Waals surface area contributed by atoms with Gasteiger partial charge >= 0.3 is 0 Å². The second-order valence-corrected chi connectivity index (χ2v) is 6.22. The van der Waals surface area contributed by atoms with E-state index in [-0.39, 0.29) is 0 Å². The average Bonchev–Trinajstić information content (AvgIpc) is 2.51. The summed E-state index contributed by atoms with van der Waals surface area (Å²) in [7, 11) is 1.72. The third-order valence-electron chi connectivity index (χ3n) is 3.03. The van der Waals surface area contributed by atoms with Gasteiger partial charge < -0.3 is 10.1 Å². The molecule has 21 heavy (non-hydrogen) atoms. The molecule has 0 amide bonds. The van der Waals surface area contributed by atoms with Gasteiger partial charge in [0.15, 0.2) is 0 Å². The number of ether oxygens (including phenoxy) is 1. The normalized spacial score (nSPS) is 10.8. The molecule has 0 heterocycles. The van der Waals surface area contributed by atoms with Crippen LogP contribution >= 0.6 is 23.4 Å². The number of hydrogen-bond donors (Lipinski definition) is 1. The van der Waals surface area contributed by atoms with Gasteiger partial charge in [0.25, 0.3) is 0 Å². The molecule has 0 unspecified atom stereocenters. The Hall–Kier alpha value is -1.00. The van der Waals surface area contributed by atoms with Crippen molar-refractivity contribution < 1.29 is 4.74 Å². The first-order chi connectivity index (χ1) is 10.3. The quantitative estimate of drug-likeness (QED) is 0.576. The molecule has 1 N–H and O–H groups in total. The van der Waals surface area contributed by atoms with E-state index < -0.39 is 0 Å². The van der Waals surface area contributed by atoms with Crippen molar-refractivity contribution in [2.75, 3.05) is 20.3 Å². The van der Waals surface area contributed by atoms with Crippen molar-refractivity contribution in [3.05, 3.63) is 64.7 Å². The molecule has 0 aliphatic carbocycles. The molecule has 0 fully saturated rings. The van der Waals surface area contributed by atoms with Crippen LogP contribution in [0.15, 0.2) is 53.4 Å². The molecule has 4 heteroatoms. The average molecular weight is 322 g/mol. The number of hydrogen-bond acceptors (Lipinski definition) is 3. The molecule has 0 saturated heterocycles. The Morgan fingerprint density at radius 3 is 2.62 bits per heavy atom. The lowest BCUT2D eigenvalue weighted by atomic mass is 10.2. The molecule has 0 radical (unpaired) electrons. The zero-order valence-corrected chi connectivity index (χ0v) is 13.7. The maximum Gasteiger partial charge on any atom is 0.0587 e. The first-order valence-electron chi connectivity index (χ1n) is 6.94. The van der Waals surface area contributed by atoms with Crippen LogP contribution in [0.2, 0.25) is 5.02 Å². The molecule has 2 aromatic carbocycles. The largest absolute Gasteiger partial charge is 0.383 e. The minimum Gasteiger partial charge on any atom is -0.383 e. The summed E-state index contributed by atoms with van der Waals surface area (Å²) in [6.07, 6.45) is 0. The van der Waals surface area contributed by atoms with Crippen LogP contribution in [0, 0.1) is 0 Å². The summed E-state index contributed by atoms with van der Waals surface area (Å²) in [6.45, 7) is 2.50. The van der Waals surface area contributed by atoms with Crippen LogP contribution in [0.3, 0.4) is 0 Å². The van der Waals surface area contributed by atoms with Crippen molar-refractivity contribution in [3.8, 4) is 0 Å².